The van der Waals surface area contributed by atoms with Crippen LogP contribution in [-0.4, -0.2) is 29.8 Å². The Hall–Kier alpha value is -3.68. The number of anilines is 2. The smallest absolute Gasteiger partial charge is 0.338 e. The van der Waals surface area contributed by atoms with E-state index in [0.29, 0.717) is 16.4 Å². The molecule has 1 aliphatic rings. The molecule has 0 aliphatic carbocycles. The highest BCUT2D eigenvalue weighted by molar-refractivity contribution is 6.37. The van der Waals surface area contributed by atoms with Crippen molar-refractivity contribution in [3.05, 3.63) is 93.0 Å². The highest BCUT2D eigenvalue weighted by atomic mass is 35.5. The Balaban J connectivity index is 1.50. The number of nitrogens with one attached hydrogen (secondary N) is 1. The molecule has 3 aromatic carbocycles. The normalized spacial score (nSPS) is 13.5. The summed E-state index contributed by atoms with van der Waals surface area (Å²) in [4.78, 5) is 52.0. The molecule has 1 atom stereocenters. The first kappa shape index (κ1) is 23.5. The molecule has 172 valence electrons. The Bertz CT molecular complexity index is 1350. The summed E-state index contributed by atoms with van der Waals surface area (Å²) in [6.45, 7) is 3.20. The van der Waals surface area contributed by atoms with Crippen LogP contribution in [0.3, 0.4) is 0 Å². The minimum absolute atomic E-state index is 0.0377. The average molecular weight is 497 g/mol. The van der Waals surface area contributed by atoms with Gasteiger partial charge < -0.3 is 10.1 Å². The zero-order valence-corrected chi connectivity index (χ0v) is 19.6. The molecule has 34 heavy (non-hydrogen) atoms. The molecular formula is C25H18Cl2N2O5. The van der Waals surface area contributed by atoms with E-state index in [1.165, 1.54) is 37.3 Å². The van der Waals surface area contributed by atoms with E-state index in [1.807, 2.05) is 6.07 Å². The first-order valence-corrected chi connectivity index (χ1v) is 11.0. The van der Waals surface area contributed by atoms with E-state index in [0.717, 1.165) is 10.5 Å². The molecule has 0 saturated heterocycles. The molecule has 0 bridgehead atoms. The summed E-state index contributed by atoms with van der Waals surface area (Å²) < 4.78 is 5.26. The number of carbonyl (C=O) groups is 4. The summed E-state index contributed by atoms with van der Waals surface area (Å²) in [6, 6.07) is 15.7. The lowest BCUT2D eigenvalue weighted by atomic mass is 10.1. The molecule has 0 unspecified atom stereocenters. The number of esters is 1. The number of amides is 3. The van der Waals surface area contributed by atoms with Crippen molar-refractivity contribution in [1.29, 1.82) is 0 Å². The van der Waals surface area contributed by atoms with Crippen LogP contribution in [0.1, 0.15) is 43.6 Å². The molecule has 9 heteroatoms. The summed E-state index contributed by atoms with van der Waals surface area (Å²) in [5.41, 5.74) is 1.87. The number of halogens is 2. The summed E-state index contributed by atoms with van der Waals surface area (Å²) in [5, 5.41) is 3.21. The number of aryl methyl sites for hydroxylation is 1. The van der Waals surface area contributed by atoms with Crippen LogP contribution in [0, 0.1) is 6.92 Å². The lowest BCUT2D eigenvalue weighted by Gasteiger charge is -2.16. The van der Waals surface area contributed by atoms with Gasteiger partial charge in [0.15, 0.2) is 6.10 Å². The standard InChI is InChI=1S/C25H18Cl2N2O5/c1-13-5-3-4-6-21(13)29-23(31)17-9-7-15(11-18(17)24(29)32)25(33)34-14(2)22(30)28-20-10-8-16(26)12-19(20)27/h3-12,14H,1-2H3,(H,28,30)/t14-/m0/s1. The predicted molar refractivity (Wildman–Crippen MR) is 129 cm³/mol. The molecule has 7 nitrogen and oxygen atoms in total. The topological polar surface area (TPSA) is 92.8 Å². The van der Waals surface area contributed by atoms with Crippen molar-refractivity contribution in [2.45, 2.75) is 20.0 Å². The van der Waals surface area contributed by atoms with Crippen LogP contribution in [0.15, 0.2) is 60.7 Å². The quantitative estimate of drug-likeness (QED) is 0.382. The van der Waals surface area contributed by atoms with Crippen LogP contribution in [0.2, 0.25) is 10.0 Å². The fourth-order valence-corrected chi connectivity index (χ4v) is 3.96. The van der Waals surface area contributed by atoms with Crippen LogP contribution in [-0.2, 0) is 9.53 Å². The number of rotatable bonds is 5. The minimum atomic E-state index is -1.16. The summed E-state index contributed by atoms with van der Waals surface area (Å²) in [5.74, 6) is -2.42. The van der Waals surface area contributed by atoms with Gasteiger partial charge in [0.05, 0.1) is 33.1 Å². The first-order chi connectivity index (χ1) is 16.2. The number of nitrogens with zero attached hydrogens (tertiary/aromatic N) is 1. The number of benzene rings is 3. The number of hydrogen-bond donors (Lipinski definition) is 1. The van der Waals surface area contributed by atoms with E-state index in [9.17, 15) is 19.2 Å². The van der Waals surface area contributed by atoms with Gasteiger partial charge in [0.2, 0.25) is 0 Å². The van der Waals surface area contributed by atoms with Gasteiger partial charge in [-0.25, -0.2) is 9.69 Å². The van der Waals surface area contributed by atoms with Gasteiger partial charge in [-0.15, -0.1) is 0 Å². The fraction of sp³-hybridized carbons (Fsp3) is 0.120. The number of fused-ring (bicyclic) bond motifs is 1. The molecule has 1 N–H and O–H groups in total. The zero-order chi connectivity index (χ0) is 24.6. The Morgan fingerprint density at radius 2 is 1.65 bits per heavy atom. The van der Waals surface area contributed by atoms with Crippen LogP contribution in [0.4, 0.5) is 11.4 Å². The van der Waals surface area contributed by atoms with Crippen molar-refractivity contribution in [2.75, 3.05) is 10.2 Å². The van der Waals surface area contributed by atoms with Crippen molar-refractivity contribution in [3.8, 4) is 0 Å². The van der Waals surface area contributed by atoms with Gasteiger partial charge in [0.25, 0.3) is 17.7 Å². The fourth-order valence-electron chi connectivity index (χ4n) is 3.51. The highest BCUT2D eigenvalue weighted by Crippen LogP contribution is 2.31. The van der Waals surface area contributed by atoms with E-state index in [2.05, 4.69) is 5.32 Å². The third-order valence-corrected chi connectivity index (χ3v) is 5.87. The maximum absolute atomic E-state index is 13.0. The van der Waals surface area contributed by atoms with Crippen LogP contribution in [0.5, 0.6) is 0 Å². The van der Waals surface area contributed by atoms with Gasteiger partial charge in [-0.3, -0.25) is 14.4 Å². The van der Waals surface area contributed by atoms with Gasteiger partial charge in [-0.2, -0.15) is 0 Å². The van der Waals surface area contributed by atoms with Gasteiger partial charge in [-0.1, -0.05) is 41.4 Å². The van der Waals surface area contributed by atoms with Gasteiger partial charge in [0, 0.05) is 5.02 Å². The molecule has 4 rings (SSSR count). The maximum atomic E-state index is 13.0. The monoisotopic (exact) mass is 496 g/mol. The van der Waals surface area contributed by atoms with Crippen molar-refractivity contribution < 1.29 is 23.9 Å². The third-order valence-electron chi connectivity index (χ3n) is 5.32. The van der Waals surface area contributed by atoms with Crippen molar-refractivity contribution in [1.82, 2.24) is 0 Å². The second-order valence-electron chi connectivity index (χ2n) is 7.65. The first-order valence-electron chi connectivity index (χ1n) is 10.2. The molecule has 0 fully saturated rings. The van der Waals surface area contributed by atoms with E-state index in [-0.39, 0.29) is 21.7 Å². The van der Waals surface area contributed by atoms with Crippen LogP contribution >= 0.6 is 23.2 Å². The van der Waals surface area contributed by atoms with Gasteiger partial charge in [-0.05, 0) is 61.9 Å². The number of carbonyl (C=O) groups excluding carboxylic acids is 4. The second kappa shape index (κ2) is 9.29. The molecule has 0 saturated carbocycles. The molecule has 1 heterocycles. The Labute approximate surface area is 205 Å². The van der Waals surface area contributed by atoms with E-state index < -0.39 is 29.8 Å². The van der Waals surface area contributed by atoms with E-state index in [1.54, 1.807) is 31.2 Å². The largest absolute Gasteiger partial charge is 0.449 e. The molecule has 0 radical (unpaired) electrons. The second-order valence-corrected chi connectivity index (χ2v) is 8.50. The Morgan fingerprint density at radius 3 is 2.35 bits per heavy atom. The molecule has 1 aliphatic heterocycles. The Morgan fingerprint density at radius 1 is 0.941 bits per heavy atom. The molecule has 0 spiro atoms. The average Bonchev–Trinajstić information content (AvgIpc) is 3.05. The van der Waals surface area contributed by atoms with Crippen LogP contribution in [0.25, 0.3) is 0 Å². The summed E-state index contributed by atoms with van der Waals surface area (Å²) in [6.07, 6.45) is -1.16. The highest BCUT2D eigenvalue weighted by Gasteiger charge is 2.38. The zero-order valence-electron chi connectivity index (χ0n) is 18.1. The lowest BCUT2D eigenvalue weighted by molar-refractivity contribution is -0.123. The molecule has 3 aromatic rings. The minimum Gasteiger partial charge on any atom is -0.449 e. The molecular weight excluding hydrogens is 479 g/mol. The number of imide groups is 1. The third kappa shape index (κ3) is 4.40. The van der Waals surface area contributed by atoms with Gasteiger partial charge >= 0.3 is 5.97 Å². The predicted octanol–water partition coefficient (Wildman–Crippen LogP) is 5.29. The number of ether oxygens (including phenoxy) is 1. The van der Waals surface area contributed by atoms with Crippen molar-refractivity contribution in [2.24, 2.45) is 0 Å². The number of hydrogen-bond acceptors (Lipinski definition) is 5. The number of para-hydroxylation sites is 1. The van der Waals surface area contributed by atoms with Crippen LogP contribution < -0.4 is 10.2 Å². The summed E-state index contributed by atoms with van der Waals surface area (Å²) in [7, 11) is 0. The van der Waals surface area contributed by atoms with E-state index in [4.69, 9.17) is 27.9 Å². The molecule has 3 amide bonds. The summed E-state index contributed by atoms with van der Waals surface area (Å²) >= 11 is 11.9. The van der Waals surface area contributed by atoms with Gasteiger partial charge in [0.1, 0.15) is 0 Å². The Kier molecular flexibility index (Phi) is 6.41. The lowest BCUT2D eigenvalue weighted by Crippen LogP contribution is -2.30. The van der Waals surface area contributed by atoms with Crippen molar-refractivity contribution >= 4 is 58.3 Å². The SMILES string of the molecule is Cc1ccccc1N1C(=O)c2ccc(C(=O)O[C@@H](C)C(=O)Nc3ccc(Cl)cc3Cl)cc2C1=O. The molecule has 0 aromatic heterocycles. The van der Waals surface area contributed by atoms with Crippen molar-refractivity contribution in [3.63, 3.8) is 0 Å². The van der Waals surface area contributed by atoms with E-state index >= 15 is 0 Å². The maximum Gasteiger partial charge on any atom is 0.338 e.